The lowest BCUT2D eigenvalue weighted by Gasteiger charge is -2.27. The molecular weight excluding hydrogens is 248 g/mol. The highest BCUT2D eigenvalue weighted by atomic mass is 32.2. The first-order chi connectivity index (χ1) is 8.54. The summed E-state index contributed by atoms with van der Waals surface area (Å²) in [5.41, 5.74) is 1.56. The first-order valence-electron chi connectivity index (χ1n) is 5.71. The normalized spacial score (nSPS) is 17.4. The van der Waals surface area contributed by atoms with E-state index in [9.17, 15) is 8.42 Å². The van der Waals surface area contributed by atoms with Gasteiger partial charge in [-0.3, -0.25) is 0 Å². The number of hydrogen-bond acceptors (Lipinski definition) is 3. The van der Waals surface area contributed by atoms with Crippen molar-refractivity contribution < 1.29 is 8.42 Å². The van der Waals surface area contributed by atoms with Gasteiger partial charge in [0.05, 0.1) is 16.5 Å². The van der Waals surface area contributed by atoms with Crippen molar-refractivity contribution in [2.45, 2.75) is 17.7 Å². The number of benzene rings is 1. The van der Waals surface area contributed by atoms with E-state index in [1.54, 1.807) is 0 Å². The lowest BCUT2D eigenvalue weighted by atomic mass is 10.1. The molecule has 0 N–H and O–H groups in total. The molecule has 18 heavy (non-hydrogen) atoms. The molecule has 0 saturated carbocycles. The summed E-state index contributed by atoms with van der Waals surface area (Å²) in [6, 6.07) is 7.98. The minimum absolute atomic E-state index is 0.244. The molecule has 0 radical (unpaired) electrons. The van der Waals surface area contributed by atoms with Crippen LogP contribution in [0, 0.1) is 11.3 Å². The smallest absolute Gasteiger partial charge is 0.207 e. The van der Waals surface area contributed by atoms with Crippen LogP contribution in [0.15, 0.2) is 41.3 Å². The van der Waals surface area contributed by atoms with E-state index < -0.39 is 10.0 Å². The van der Waals surface area contributed by atoms with E-state index in [-0.39, 0.29) is 4.90 Å². The first-order valence-corrected chi connectivity index (χ1v) is 7.15. The second kappa shape index (κ2) is 4.92. The summed E-state index contributed by atoms with van der Waals surface area (Å²) < 4.78 is 26.1. The second-order valence-corrected chi connectivity index (χ2v) is 6.23. The number of sulfonamides is 1. The van der Waals surface area contributed by atoms with Crippen LogP contribution in [-0.4, -0.2) is 25.8 Å². The summed E-state index contributed by atoms with van der Waals surface area (Å²) in [7, 11) is -3.43. The molecule has 94 valence electrons. The average molecular weight is 262 g/mol. The lowest BCUT2D eigenvalue weighted by molar-refractivity contribution is 0.387. The molecule has 5 heteroatoms. The number of nitriles is 1. The van der Waals surface area contributed by atoms with Crippen LogP contribution in [0.25, 0.3) is 0 Å². The maximum atomic E-state index is 12.3. The molecule has 0 aromatic heterocycles. The SMILES string of the molecule is C=C1CCN(S(=O)(=O)c2ccc(C#N)cc2)CC1. The molecule has 1 aromatic rings. The molecule has 2 rings (SSSR count). The molecule has 0 bridgehead atoms. The zero-order valence-electron chi connectivity index (χ0n) is 9.96. The van der Waals surface area contributed by atoms with E-state index >= 15 is 0 Å². The fourth-order valence-electron chi connectivity index (χ4n) is 1.89. The van der Waals surface area contributed by atoms with Crippen molar-refractivity contribution in [3.8, 4) is 6.07 Å². The third kappa shape index (κ3) is 2.45. The van der Waals surface area contributed by atoms with Crippen molar-refractivity contribution in [3.05, 3.63) is 42.0 Å². The molecule has 1 aliphatic heterocycles. The van der Waals surface area contributed by atoms with E-state index in [0.29, 0.717) is 18.7 Å². The fourth-order valence-corrected chi connectivity index (χ4v) is 3.33. The summed E-state index contributed by atoms with van der Waals surface area (Å²) >= 11 is 0. The van der Waals surface area contributed by atoms with Gasteiger partial charge in [0.2, 0.25) is 10.0 Å². The minimum Gasteiger partial charge on any atom is -0.207 e. The van der Waals surface area contributed by atoms with E-state index in [1.807, 2.05) is 6.07 Å². The number of rotatable bonds is 2. The molecule has 1 heterocycles. The molecule has 0 spiro atoms. The number of hydrogen-bond donors (Lipinski definition) is 0. The Morgan fingerprint density at radius 2 is 1.72 bits per heavy atom. The molecule has 1 fully saturated rings. The molecule has 0 unspecified atom stereocenters. The van der Waals surface area contributed by atoms with E-state index in [2.05, 4.69) is 6.58 Å². The summed E-state index contributed by atoms with van der Waals surface area (Å²) in [5, 5.41) is 8.69. The maximum Gasteiger partial charge on any atom is 0.243 e. The fraction of sp³-hybridized carbons (Fsp3) is 0.308. The zero-order chi connectivity index (χ0) is 13.2. The van der Waals surface area contributed by atoms with Gasteiger partial charge in [-0.25, -0.2) is 8.42 Å². The topological polar surface area (TPSA) is 61.2 Å². The highest BCUT2D eigenvalue weighted by molar-refractivity contribution is 7.89. The van der Waals surface area contributed by atoms with Crippen LogP contribution in [0.3, 0.4) is 0 Å². The van der Waals surface area contributed by atoms with Crippen molar-refractivity contribution in [2.75, 3.05) is 13.1 Å². The second-order valence-electron chi connectivity index (χ2n) is 4.29. The van der Waals surface area contributed by atoms with Gasteiger partial charge in [0, 0.05) is 13.1 Å². The highest BCUT2D eigenvalue weighted by Crippen LogP contribution is 2.22. The standard InChI is InChI=1S/C13H14N2O2S/c1-11-6-8-15(9-7-11)18(16,17)13-4-2-12(10-14)3-5-13/h2-5H,1,6-9H2. The van der Waals surface area contributed by atoms with Gasteiger partial charge in [-0.1, -0.05) is 12.2 Å². The van der Waals surface area contributed by atoms with Crippen molar-refractivity contribution in [3.63, 3.8) is 0 Å². The van der Waals surface area contributed by atoms with Crippen LogP contribution in [0.5, 0.6) is 0 Å². The van der Waals surface area contributed by atoms with E-state index in [4.69, 9.17) is 5.26 Å². The molecule has 4 nitrogen and oxygen atoms in total. The zero-order valence-corrected chi connectivity index (χ0v) is 10.8. The molecular formula is C13H14N2O2S. The molecule has 0 atom stereocenters. The monoisotopic (exact) mass is 262 g/mol. The van der Waals surface area contributed by atoms with E-state index in [0.717, 1.165) is 18.4 Å². The van der Waals surface area contributed by atoms with Crippen molar-refractivity contribution in [1.29, 1.82) is 5.26 Å². The summed E-state index contributed by atoms with van der Waals surface area (Å²) in [6.45, 7) is 4.84. The van der Waals surface area contributed by atoms with Gasteiger partial charge in [-0.15, -0.1) is 0 Å². The molecule has 1 aliphatic rings. The Kier molecular flexibility index (Phi) is 3.50. The Morgan fingerprint density at radius 1 is 1.17 bits per heavy atom. The van der Waals surface area contributed by atoms with Crippen molar-refractivity contribution in [2.24, 2.45) is 0 Å². The lowest BCUT2D eigenvalue weighted by Crippen LogP contribution is -2.36. The maximum absolute atomic E-state index is 12.3. The summed E-state index contributed by atoms with van der Waals surface area (Å²) in [6.07, 6.45) is 1.44. The van der Waals surface area contributed by atoms with Crippen LogP contribution in [0.1, 0.15) is 18.4 Å². The van der Waals surface area contributed by atoms with Gasteiger partial charge in [0.1, 0.15) is 0 Å². The van der Waals surface area contributed by atoms with Gasteiger partial charge in [-0.2, -0.15) is 9.57 Å². The Balaban J connectivity index is 2.25. The van der Waals surface area contributed by atoms with E-state index in [1.165, 1.54) is 28.6 Å². The van der Waals surface area contributed by atoms with Crippen LogP contribution in [0.4, 0.5) is 0 Å². The average Bonchev–Trinajstić information content (AvgIpc) is 2.39. The Labute approximate surface area is 107 Å². The summed E-state index contributed by atoms with van der Waals surface area (Å²) in [5.74, 6) is 0. The van der Waals surface area contributed by atoms with Gasteiger partial charge in [0.25, 0.3) is 0 Å². The summed E-state index contributed by atoms with van der Waals surface area (Å²) in [4.78, 5) is 0.244. The number of nitrogens with zero attached hydrogens (tertiary/aromatic N) is 2. The predicted octanol–water partition coefficient (Wildman–Crippen LogP) is 1.90. The Morgan fingerprint density at radius 3 is 2.22 bits per heavy atom. The molecule has 0 amide bonds. The molecule has 1 saturated heterocycles. The largest absolute Gasteiger partial charge is 0.243 e. The van der Waals surface area contributed by atoms with Gasteiger partial charge in [0.15, 0.2) is 0 Å². The van der Waals surface area contributed by atoms with Crippen LogP contribution in [0.2, 0.25) is 0 Å². The number of piperidine rings is 1. The molecule has 0 aliphatic carbocycles. The van der Waals surface area contributed by atoms with Crippen molar-refractivity contribution >= 4 is 10.0 Å². The Hall–Kier alpha value is -1.64. The first kappa shape index (κ1) is 12.8. The van der Waals surface area contributed by atoms with Crippen LogP contribution >= 0.6 is 0 Å². The van der Waals surface area contributed by atoms with Gasteiger partial charge >= 0.3 is 0 Å². The van der Waals surface area contributed by atoms with Crippen molar-refractivity contribution in [1.82, 2.24) is 4.31 Å². The van der Waals surface area contributed by atoms with Gasteiger partial charge < -0.3 is 0 Å². The van der Waals surface area contributed by atoms with Crippen LogP contribution in [-0.2, 0) is 10.0 Å². The Bertz CT molecular complexity index is 587. The highest BCUT2D eigenvalue weighted by Gasteiger charge is 2.26. The van der Waals surface area contributed by atoms with Gasteiger partial charge in [-0.05, 0) is 37.1 Å². The minimum atomic E-state index is -3.43. The third-order valence-corrected chi connectivity index (χ3v) is 4.96. The predicted molar refractivity (Wildman–Crippen MR) is 68.3 cm³/mol. The third-order valence-electron chi connectivity index (χ3n) is 3.05. The molecule has 1 aromatic carbocycles. The quantitative estimate of drug-likeness (QED) is 0.765. The van der Waals surface area contributed by atoms with Crippen LogP contribution < -0.4 is 0 Å².